The summed E-state index contributed by atoms with van der Waals surface area (Å²) < 4.78 is 17.3. The van der Waals surface area contributed by atoms with Gasteiger partial charge >= 0.3 is 7.12 Å². The first-order chi connectivity index (χ1) is 13.6. The highest BCUT2D eigenvalue weighted by atomic mass is 16.5. The van der Waals surface area contributed by atoms with E-state index < -0.39 is 7.12 Å². The molecule has 2 N–H and O–H groups in total. The van der Waals surface area contributed by atoms with Crippen molar-refractivity contribution < 1.29 is 24.3 Å². The molecule has 142 valence electrons. The van der Waals surface area contributed by atoms with E-state index in [1.54, 1.807) is 43.5 Å². The largest absolute Gasteiger partial charge is 0.488 e. The summed E-state index contributed by atoms with van der Waals surface area (Å²) >= 11 is 0. The third-order valence-electron chi connectivity index (χ3n) is 4.75. The Labute approximate surface area is 163 Å². The third-order valence-corrected chi connectivity index (χ3v) is 4.75. The first kappa shape index (κ1) is 18.3. The molecule has 0 radical (unpaired) electrons. The van der Waals surface area contributed by atoms with Gasteiger partial charge in [-0.15, -0.1) is 0 Å². The van der Waals surface area contributed by atoms with Crippen LogP contribution in [0.5, 0.6) is 23.3 Å². The molecule has 1 aliphatic rings. The van der Waals surface area contributed by atoms with Gasteiger partial charge in [0.05, 0.1) is 7.11 Å². The molecular weight excluding hydrogens is 357 g/mol. The number of hydrogen-bond acceptors (Lipinski definition) is 6. The van der Waals surface area contributed by atoms with E-state index in [1.165, 1.54) is 0 Å². The molecule has 2 aromatic carbocycles. The Kier molecular flexibility index (Phi) is 5.19. The van der Waals surface area contributed by atoms with Gasteiger partial charge in [-0.05, 0) is 42.1 Å². The second-order valence-electron chi connectivity index (χ2n) is 6.53. The maximum Gasteiger partial charge on any atom is 0.488 e. The van der Waals surface area contributed by atoms with Crippen molar-refractivity contribution in [3.05, 3.63) is 71.8 Å². The molecule has 28 heavy (non-hydrogen) atoms. The van der Waals surface area contributed by atoms with Crippen molar-refractivity contribution >= 4 is 12.6 Å². The molecule has 7 heteroatoms. The van der Waals surface area contributed by atoms with Crippen LogP contribution in [0.15, 0.2) is 60.7 Å². The van der Waals surface area contributed by atoms with Crippen LogP contribution in [0.2, 0.25) is 0 Å². The van der Waals surface area contributed by atoms with E-state index in [-0.39, 0.29) is 6.10 Å². The van der Waals surface area contributed by atoms with Gasteiger partial charge < -0.3 is 24.3 Å². The normalized spacial score (nSPS) is 15.0. The van der Waals surface area contributed by atoms with Crippen LogP contribution in [-0.4, -0.2) is 29.3 Å². The smallest absolute Gasteiger partial charge is 0.486 e. The van der Waals surface area contributed by atoms with Crippen LogP contribution < -0.4 is 19.7 Å². The molecule has 0 unspecified atom stereocenters. The minimum Gasteiger partial charge on any atom is -0.486 e. The molecule has 1 atom stereocenters. The minimum atomic E-state index is -1.48. The molecule has 0 fully saturated rings. The molecular formula is C21H20BNO5. The van der Waals surface area contributed by atoms with Gasteiger partial charge in [-0.3, -0.25) is 0 Å². The summed E-state index contributed by atoms with van der Waals surface area (Å²) in [5.74, 6) is 2.43. The van der Waals surface area contributed by atoms with Gasteiger partial charge in [0.25, 0.3) is 0 Å². The monoisotopic (exact) mass is 377 g/mol. The number of hydrogen-bond donors (Lipinski definition) is 2. The van der Waals surface area contributed by atoms with Crippen molar-refractivity contribution in [2.45, 2.75) is 18.9 Å². The zero-order valence-corrected chi connectivity index (χ0v) is 15.4. The Balaban J connectivity index is 1.53. The molecule has 0 spiro atoms. The molecule has 6 nitrogen and oxygen atoms in total. The lowest BCUT2D eigenvalue weighted by Gasteiger charge is -2.16. The number of aromatic nitrogens is 1. The fraction of sp³-hybridized carbons (Fsp3) is 0.190. The quantitative estimate of drug-likeness (QED) is 0.643. The van der Waals surface area contributed by atoms with Crippen LogP contribution in [0.4, 0.5) is 0 Å². The molecule has 1 aliphatic carbocycles. The van der Waals surface area contributed by atoms with Crippen LogP contribution in [0, 0.1) is 0 Å². The number of fused-ring (bicyclic) bond motifs is 1. The van der Waals surface area contributed by atoms with Crippen molar-refractivity contribution in [2.75, 3.05) is 7.11 Å². The lowest BCUT2D eigenvalue weighted by atomic mass is 9.80. The summed E-state index contributed by atoms with van der Waals surface area (Å²) in [5.41, 5.74) is 2.63. The molecule has 3 aromatic rings. The number of methoxy groups -OCH3 is 1. The van der Waals surface area contributed by atoms with Gasteiger partial charge in [0.1, 0.15) is 17.6 Å². The Morgan fingerprint density at radius 1 is 0.964 bits per heavy atom. The number of pyridine rings is 1. The second-order valence-corrected chi connectivity index (χ2v) is 6.53. The fourth-order valence-electron chi connectivity index (χ4n) is 3.36. The number of nitrogens with zero attached hydrogens (tertiary/aromatic N) is 1. The van der Waals surface area contributed by atoms with E-state index in [1.807, 2.05) is 24.3 Å². The first-order valence-electron chi connectivity index (χ1n) is 9.07. The van der Waals surface area contributed by atoms with Gasteiger partial charge in [0.2, 0.25) is 11.8 Å². The summed E-state index contributed by atoms with van der Waals surface area (Å²) in [6, 6.07) is 18.1. The van der Waals surface area contributed by atoms with Crippen molar-refractivity contribution in [1.29, 1.82) is 0 Å². The van der Waals surface area contributed by atoms with E-state index in [2.05, 4.69) is 4.98 Å². The zero-order chi connectivity index (χ0) is 19.5. The summed E-state index contributed by atoms with van der Waals surface area (Å²) in [7, 11) is 0.0911. The lowest BCUT2D eigenvalue weighted by molar-refractivity contribution is 0.207. The maximum atomic E-state index is 9.20. The van der Waals surface area contributed by atoms with Gasteiger partial charge in [0.15, 0.2) is 0 Å². The number of rotatable bonds is 6. The van der Waals surface area contributed by atoms with Gasteiger partial charge in [0, 0.05) is 17.7 Å². The predicted octanol–water partition coefficient (Wildman–Crippen LogP) is 2.63. The standard InChI is InChI=1S/C21H20BNO5/c1-26-20-6-3-7-21(23-20)28-18-5-2-4-16-17(18)12-13-19(16)27-15-10-8-14(9-11-15)22(24)25/h2-11,19,24-25H,12-13H2,1H3/t19-/m1/s1. The highest BCUT2D eigenvalue weighted by Crippen LogP contribution is 2.40. The predicted molar refractivity (Wildman–Crippen MR) is 105 cm³/mol. The fourth-order valence-corrected chi connectivity index (χ4v) is 3.36. The molecule has 1 aromatic heterocycles. The van der Waals surface area contributed by atoms with Crippen LogP contribution in [0.3, 0.4) is 0 Å². The summed E-state index contributed by atoms with van der Waals surface area (Å²) in [5, 5.41) is 18.4. The van der Waals surface area contributed by atoms with Gasteiger partial charge in [-0.1, -0.05) is 30.3 Å². The Bertz CT molecular complexity index is 961. The Morgan fingerprint density at radius 3 is 2.46 bits per heavy atom. The minimum absolute atomic E-state index is 0.0817. The first-order valence-corrected chi connectivity index (χ1v) is 9.07. The molecule has 0 saturated heterocycles. The SMILES string of the molecule is COc1cccc(Oc2cccc3c2CC[C@H]3Oc2ccc(B(O)O)cc2)n1. The highest BCUT2D eigenvalue weighted by molar-refractivity contribution is 6.58. The zero-order valence-electron chi connectivity index (χ0n) is 15.4. The summed E-state index contributed by atoms with van der Waals surface area (Å²) in [6.45, 7) is 0. The van der Waals surface area contributed by atoms with E-state index in [0.29, 0.717) is 23.0 Å². The second kappa shape index (κ2) is 7.92. The third kappa shape index (κ3) is 3.81. The maximum absolute atomic E-state index is 9.20. The molecule has 1 heterocycles. The van der Waals surface area contributed by atoms with Gasteiger partial charge in [-0.25, -0.2) is 0 Å². The average Bonchev–Trinajstić information content (AvgIpc) is 3.12. The van der Waals surface area contributed by atoms with E-state index in [0.717, 1.165) is 29.7 Å². The van der Waals surface area contributed by atoms with Crippen molar-refractivity contribution in [3.63, 3.8) is 0 Å². The van der Waals surface area contributed by atoms with E-state index >= 15 is 0 Å². The summed E-state index contributed by atoms with van der Waals surface area (Å²) in [6.07, 6.45) is 1.60. The van der Waals surface area contributed by atoms with Crippen LogP contribution in [0.1, 0.15) is 23.7 Å². The van der Waals surface area contributed by atoms with E-state index in [4.69, 9.17) is 14.2 Å². The topological polar surface area (TPSA) is 81.0 Å². The van der Waals surface area contributed by atoms with E-state index in [9.17, 15) is 10.0 Å². The average molecular weight is 377 g/mol. The number of ether oxygens (including phenoxy) is 3. The molecule has 4 rings (SSSR count). The van der Waals surface area contributed by atoms with Crippen LogP contribution in [-0.2, 0) is 6.42 Å². The van der Waals surface area contributed by atoms with Crippen molar-refractivity contribution in [2.24, 2.45) is 0 Å². The lowest BCUT2D eigenvalue weighted by Crippen LogP contribution is -2.29. The highest BCUT2D eigenvalue weighted by Gasteiger charge is 2.27. The number of benzene rings is 2. The molecule has 0 aliphatic heterocycles. The molecule has 0 bridgehead atoms. The Morgan fingerprint density at radius 2 is 1.71 bits per heavy atom. The summed E-state index contributed by atoms with van der Waals surface area (Å²) in [4.78, 5) is 4.30. The van der Waals surface area contributed by atoms with Crippen molar-refractivity contribution in [1.82, 2.24) is 4.98 Å². The Hall–Kier alpha value is -3.03. The van der Waals surface area contributed by atoms with Crippen LogP contribution in [0.25, 0.3) is 0 Å². The molecule has 0 amide bonds. The van der Waals surface area contributed by atoms with Crippen molar-refractivity contribution in [3.8, 4) is 23.3 Å². The molecule has 0 saturated carbocycles. The van der Waals surface area contributed by atoms with Crippen LogP contribution >= 0.6 is 0 Å². The van der Waals surface area contributed by atoms with Gasteiger partial charge in [-0.2, -0.15) is 4.98 Å².